The highest BCUT2D eigenvalue weighted by molar-refractivity contribution is 5.96. The Bertz CT molecular complexity index is 684. The number of hydrogen-bond acceptors (Lipinski definition) is 4. The SMILES string of the molecule is C[C@H](C(=O)Nc1cccc(N2CCNC2=O)c1)n1cncn1. The summed E-state index contributed by atoms with van der Waals surface area (Å²) in [4.78, 5) is 29.4. The number of rotatable bonds is 4. The van der Waals surface area contributed by atoms with Gasteiger partial charge in [-0.3, -0.25) is 9.69 Å². The summed E-state index contributed by atoms with van der Waals surface area (Å²) in [5.74, 6) is -0.200. The highest BCUT2D eigenvalue weighted by Gasteiger charge is 2.21. The van der Waals surface area contributed by atoms with Crippen LogP contribution < -0.4 is 15.5 Å². The highest BCUT2D eigenvalue weighted by atomic mass is 16.2. The second-order valence-electron chi connectivity index (χ2n) is 4.97. The van der Waals surface area contributed by atoms with Crippen molar-refractivity contribution in [3.05, 3.63) is 36.9 Å². The monoisotopic (exact) mass is 300 g/mol. The van der Waals surface area contributed by atoms with Crippen molar-refractivity contribution >= 4 is 23.3 Å². The van der Waals surface area contributed by atoms with Crippen molar-refractivity contribution in [3.63, 3.8) is 0 Å². The quantitative estimate of drug-likeness (QED) is 0.881. The lowest BCUT2D eigenvalue weighted by molar-refractivity contribution is -0.119. The van der Waals surface area contributed by atoms with Gasteiger partial charge in [0, 0.05) is 24.5 Å². The van der Waals surface area contributed by atoms with Gasteiger partial charge in [0.25, 0.3) is 0 Å². The first-order chi connectivity index (χ1) is 10.6. The van der Waals surface area contributed by atoms with Gasteiger partial charge in [0.15, 0.2) is 0 Å². The summed E-state index contributed by atoms with van der Waals surface area (Å²) >= 11 is 0. The van der Waals surface area contributed by atoms with Crippen LogP contribution in [0, 0.1) is 0 Å². The van der Waals surface area contributed by atoms with E-state index in [1.807, 2.05) is 6.07 Å². The first-order valence-corrected chi connectivity index (χ1v) is 6.95. The first kappa shape index (κ1) is 14.1. The van der Waals surface area contributed by atoms with Crippen LogP contribution in [0.4, 0.5) is 16.2 Å². The molecular formula is C14H16N6O2. The number of amides is 3. The number of aromatic nitrogens is 3. The Labute approximate surface area is 127 Å². The second kappa shape index (κ2) is 5.84. The maximum Gasteiger partial charge on any atom is 0.321 e. The predicted octanol–water partition coefficient (Wildman–Crippen LogP) is 1.01. The fourth-order valence-corrected chi connectivity index (χ4v) is 2.25. The molecule has 8 heteroatoms. The van der Waals surface area contributed by atoms with Gasteiger partial charge in [-0.15, -0.1) is 0 Å². The molecule has 3 rings (SSSR count). The molecule has 1 aliphatic heterocycles. The summed E-state index contributed by atoms with van der Waals surface area (Å²) in [5.41, 5.74) is 1.38. The van der Waals surface area contributed by atoms with E-state index in [4.69, 9.17) is 0 Å². The van der Waals surface area contributed by atoms with Gasteiger partial charge in [-0.1, -0.05) is 6.07 Å². The van der Waals surface area contributed by atoms with Crippen LogP contribution in [0.15, 0.2) is 36.9 Å². The Morgan fingerprint density at radius 1 is 1.45 bits per heavy atom. The fourth-order valence-electron chi connectivity index (χ4n) is 2.25. The van der Waals surface area contributed by atoms with E-state index in [0.29, 0.717) is 18.8 Å². The molecule has 0 bridgehead atoms. The van der Waals surface area contributed by atoms with E-state index in [1.54, 1.807) is 30.0 Å². The Morgan fingerprint density at radius 2 is 2.32 bits per heavy atom. The lowest BCUT2D eigenvalue weighted by atomic mass is 10.2. The molecule has 0 aliphatic carbocycles. The van der Waals surface area contributed by atoms with Crippen molar-refractivity contribution in [2.75, 3.05) is 23.3 Å². The average molecular weight is 300 g/mol. The summed E-state index contributed by atoms with van der Waals surface area (Å²) in [5, 5.41) is 9.52. The largest absolute Gasteiger partial charge is 0.336 e. The van der Waals surface area contributed by atoms with Crippen LogP contribution in [0.5, 0.6) is 0 Å². The number of anilines is 2. The number of carbonyl (C=O) groups excluding carboxylic acids is 2. The summed E-state index contributed by atoms with van der Waals surface area (Å²) in [6.07, 6.45) is 2.88. The first-order valence-electron chi connectivity index (χ1n) is 6.95. The molecule has 3 amide bonds. The minimum atomic E-state index is -0.471. The van der Waals surface area contributed by atoms with Crippen molar-refractivity contribution < 1.29 is 9.59 Å². The molecule has 22 heavy (non-hydrogen) atoms. The minimum Gasteiger partial charge on any atom is -0.336 e. The zero-order chi connectivity index (χ0) is 15.5. The number of urea groups is 1. The molecule has 0 spiro atoms. The average Bonchev–Trinajstić information content (AvgIpc) is 3.18. The molecule has 2 heterocycles. The van der Waals surface area contributed by atoms with Crippen LogP contribution in [0.1, 0.15) is 13.0 Å². The molecule has 114 valence electrons. The molecule has 1 atom stereocenters. The molecule has 8 nitrogen and oxygen atoms in total. The van der Waals surface area contributed by atoms with Crippen molar-refractivity contribution in [2.24, 2.45) is 0 Å². The number of nitrogens with zero attached hydrogens (tertiary/aromatic N) is 4. The molecule has 2 aromatic rings. The van der Waals surface area contributed by atoms with Gasteiger partial charge in [0.05, 0.1) is 0 Å². The molecule has 0 unspecified atom stereocenters. The number of benzene rings is 1. The summed E-state index contributed by atoms with van der Waals surface area (Å²) in [7, 11) is 0. The van der Waals surface area contributed by atoms with E-state index in [1.165, 1.54) is 17.3 Å². The standard InChI is InChI=1S/C14H16N6O2/c1-10(20-9-15-8-17-20)13(21)18-11-3-2-4-12(7-11)19-6-5-16-14(19)22/h2-4,7-10H,5-6H2,1H3,(H,16,22)(H,18,21)/t10-/m1/s1. The second-order valence-corrected chi connectivity index (χ2v) is 4.97. The van der Waals surface area contributed by atoms with Crippen LogP contribution >= 0.6 is 0 Å². The van der Waals surface area contributed by atoms with Gasteiger partial charge in [0.1, 0.15) is 18.7 Å². The van der Waals surface area contributed by atoms with Gasteiger partial charge in [0.2, 0.25) is 5.91 Å². The van der Waals surface area contributed by atoms with Crippen molar-refractivity contribution in [1.29, 1.82) is 0 Å². The molecule has 1 aromatic heterocycles. The molecular weight excluding hydrogens is 284 g/mol. The van der Waals surface area contributed by atoms with Crippen molar-refractivity contribution in [3.8, 4) is 0 Å². The fraction of sp³-hybridized carbons (Fsp3) is 0.286. The summed E-state index contributed by atoms with van der Waals surface area (Å²) < 4.78 is 1.48. The van der Waals surface area contributed by atoms with Gasteiger partial charge in [-0.25, -0.2) is 14.5 Å². The Kier molecular flexibility index (Phi) is 3.73. The maximum absolute atomic E-state index is 12.2. The van der Waals surface area contributed by atoms with E-state index in [-0.39, 0.29) is 11.9 Å². The lowest BCUT2D eigenvalue weighted by Crippen LogP contribution is -2.28. The van der Waals surface area contributed by atoms with E-state index in [0.717, 1.165) is 5.69 Å². The van der Waals surface area contributed by atoms with Crippen LogP contribution in [0.2, 0.25) is 0 Å². The zero-order valence-corrected chi connectivity index (χ0v) is 12.1. The third-order valence-electron chi connectivity index (χ3n) is 3.50. The summed E-state index contributed by atoms with van der Waals surface area (Å²) in [6, 6.07) is 6.60. The smallest absolute Gasteiger partial charge is 0.321 e. The van der Waals surface area contributed by atoms with Crippen LogP contribution in [-0.4, -0.2) is 39.8 Å². The van der Waals surface area contributed by atoms with Gasteiger partial charge < -0.3 is 10.6 Å². The molecule has 1 aromatic carbocycles. The molecule has 0 radical (unpaired) electrons. The number of hydrogen-bond donors (Lipinski definition) is 2. The minimum absolute atomic E-state index is 0.125. The van der Waals surface area contributed by atoms with Crippen molar-refractivity contribution in [2.45, 2.75) is 13.0 Å². The van der Waals surface area contributed by atoms with Gasteiger partial charge in [-0.05, 0) is 25.1 Å². The third-order valence-corrected chi connectivity index (χ3v) is 3.50. The predicted molar refractivity (Wildman–Crippen MR) is 80.5 cm³/mol. The lowest BCUT2D eigenvalue weighted by Gasteiger charge is -2.16. The van der Waals surface area contributed by atoms with E-state index < -0.39 is 6.04 Å². The Balaban J connectivity index is 1.73. The molecule has 1 aliphatic rings. The van der Waals surface area contributed by atoms with Crippen LogP contribution in [0.25, 0.3) is 0 Å². The maximum atomic E-state index is 12.2. The third kappa shape index (κ3) is 2.76. The Hall–Kier alpha value is -2.90. The normalized spacial score (nSPS) is 15.5. The zero-order valence-electron chi connectivity index (χ0n) is 12.1. The van der Waals surface area contributed by atoms with Crippen LogP contribution in [0.3, 0.4) is 0 Å². The van der Waals surface area contributed by atoms with Gasteiger partial charge >= 0.3 is 6.03 Å². The number of nitrogens with one attached hydrogen (secondary N) is 2. The molecule has 2 N–H and O–H groups in total. The van der Waals surface area contributed by atoms with Gasteiger partial charge in [-0.2, -0.15) is 5.10 Å². The number of carbonyl (C=O) groups is 2. The molecule has 1 fully saturated rings. The summed E-state index contributed by atoms with van der Waals surface area (Å²) in [6.45, 7) is 2.98. The van der Waals surface area contributed by atoms with E-state index >= 15 is 0 Å². The highest BCUT2D eigenvalue weighted by Crippen LogP contribution is 2.21. The van der Waals surface area contributed by atoms with E-state index in [9.17, 15) is 9.59 Å². The topological polar surface area (TPSA) is 92.2 Å². The molecule has 0 saturated carbocycles. The van der Waals surface area contributed by atoms with Crippen LogP contribution in [-0.2, 0) is 4.79 Å². The Morgan fingerprint density at radius 3 is 3.00 bits per heavy atom. The van der Waals surface area contributed by atoms with E-state index in [2.05, 4.69) is 20.7 Å². The van der Waals surface area contributed by atoms with Crippen molar-refractivity contribution in [1.82, 2.24) is 20.1 Å². The molecule has 1 saturated heterocycles.